The van der Waals surface area contributed by atoms with Crippen LogP contribution in [0.15, 0.2) is 24.3 Å². The van der Waals surface area contributed by atoms with Gasteiger partial charge in [-0.1, -0.05) is 0 Å². The molecular formula is C15H15N3O2. The molecule has 102 valence electrons. The maximum Gasteiger partial charge on any atom is 0.310 e. The highest BCUT2D eigenvalue weighted by Gasteiger charge is 2.16. The smallest absolute Gasteiger partial charge is 0.310 e. The average Bonchev–Trinajstić information content (AvgIpc) is 2.75. The quantitative estimate of drug-likeness (QED) is 0.800. The van der Waals surface area contributed by atoms with E-state index in [0.717, 1.165) is 22.6 Å². The Morgan fingerprint density at radius 3 is 2.55 bits per heavy atom. The molecule has 0 amide bonds. The van der Waals surface area contributed by atoms with Gasteiger partial charge in [0.2, 0.25) is 0 Å². The van der Waals surface area contributed by atoms with Gasteiger partial charge < -0.3 is 4.74 Å². The van der Waals surface area contributed by atoms with Crippen molar-refractivity contribution in [3.05, 3.63) is 46.8 Å². The van der Waals surface area contributed by atoms with Gasteiger partial charge in [-0.2, -0.15) is 10.4 Å². The van der Waals surface area contributed by atoms with Crippen LogP contribution in [0.4, 0.5) is 0 Å². The molecule has 5 heteroatoms. The molecule has 0 spiro atoms. The largest absolute Gasteiger partial charge is 0.469 e. The second-order valence-corrected chi connectivity index (χ2v) is 4.47. The van der Waals surface area contributed by atoms with Crippen LogP contribution in [0, 0.1) is 25.2 Å². The number of carbonyl (C=O) groups excluding carboxylic acids is 1. The molecule has 0 unspecified atom stereocenters. The standard InChI is InChI=1S/C15H15N3O2/c1-10-14(8-15(19)20-3)11(2)18(17-10)13-6-4-12(9-16)5-7-13/h4-7H,8H2,1-3H3. The van der Waals surface area contributed by atoms with Gasteiger partial charge in [-0.25, -0.2) is 4.68 Å². The maximum atomic E-state index is 11.4. The third-order valence-electron chi connectivity index (χ3n) is 3.23. The molecule has 1 aromatic carbocycles. The summed E-state index contributed by atoms with van der Waals surface area (Å²) in [6, 6.07) is 9.23. The molecule has 0 saturated heterocycles. The molecule has 1 heterocycles. The fourth-order valence-electron chi connectivity index (χ4n) is 2.08. The summed E-state index contributed by atoms with van der Waals surface area (Å²) in [6.07, 6.45) is 0.213. The summed E-state index contributed by atoms with van der Waals surface area (Å²) in [4.78, 5) is 11.4. The predicted molar refractivity (Wildman–Crippen MR) is 73.5 cm³/mol. The van der Waals surface area contributed by atoms with Crippen molar-refractivity contribution >= 4 is 5.97 Å². The van der Waals surface area contributed by atoms with Crippen molar-refractivity contribution in [2.75, 3.05) is 7.11 Å². The third-order valence-corrected chi connectivity index (χ3v) is 3.23. The van der Waals surface area contributed by atoms with E-state index < -0.39 is 0 Å². The second-order valence-electron chi connectivity index (χ2n) is 4.47. The summed E-state index contributed by atoms with van der Waals surface area (Å²) < 4.78 is 6.47. The number of aromatic nitrogens is 2. The molecule has 2 aromatic rings. The summed E-state index contributed by atoms with van der Waals surface area (Å²) in [5, 5.41) is 13.3. The predicted octanol–water partition coefficient (Wildman–Crippen LogP) is 2.08. The van der Waals surface area contributed by atoms with Crippen LogP contribution in [0.5, 0.6) is 0 Å². The first-order valence-electron chi connectivity index (χ1n) is 6.19. The molecule has 0 saturated carbocycles. The SMILES string of the molecule is COC(=O)Cc1c(C)nn(-c2ccc(C#N)cc2)c1C. The molecule has 0 fully saturated rings. The molecule has 0 aliphatic carbocycles. The van der Waals surface area contributed by atoms with Gasteiger partial charge in [-0.15, -0.1) is 0 Å². The highest BCUT2D eigenvalue weighted by atomic mass is 16.5. The van der Waals surface area contributed by atoms with Gasteiger partial charge in [0.05, 0.1) is 36.5 Å². The molecule has 0 aliphatic heterocycles. The number of hydrogen-bond donors (Lipinski definition) is 0. The lowest BCUT2D eigenvalue weighted by molar-refractivity contribution is -0.139. The molecule has 2 rings (SSSR count). The van der Waals surface area contributed by atoms with Gasteiger partial charge in [0.15, 0.2) is 0 Å². The van der Waals surface area contributed by atoms with Crippen molar-refractivity contribution in [2.45, 2.75) is 20.3 Å². The monoisotopic (exact) mass is 269 g/mol. The Hall–Kier alpha value is -2.61. The van der Waals surface area contributed by atoms with Crippen molar-refractivity contribution in [3.63, 3.8) is 0 Å². The summed E-state index contributed by atoms with van der Waals surface area (Å²) >= 11 is 0. The number of ether oxygens (including phenoxy) is 1. The zero-order chi connectivity index (χ0) is 14.7. The Balaban J connectivity index is 2.40. The fraction of sp³-hybridized carbons (Fsp3) is 0.267. The van der Waals surface area contributed by atoms with Crippen LogP contribution >= 0.6 is 0 Å². The lowest BCUT2D eigenvalue weighted by atomic mass is 10.1. The number of esters is 1. The second kappa shape index (κ2) is 5.57. The fourth-order valence-corrected chi connectivity index (χ4v) is 2.08. The van der Waals surface area contributed by atoms with Gasteiger partial charge in [0.25, 0.3) is 0 Å². The Kier molecular flexibility index (Phi) is 3.85. The molecule has 0 bridgehead atoms. The molecule has 20 heavy (non-hydrogen) atoms. The number of carbonyl (C=O) groups is 1. The number of hydrogen-bond acceptors (Lipinski definition) is 4. The van der Waals surface area contributed by atoms with Crippen molar-refractivity contribution in [1.82, 2.24) is 9.78 Å². The molecule has 5 nitrogen and oxygen atoms in total. The molecular weight excluding hydrogens is 254 g/mol. The van der Waals surface area contributed by atoms with E-state index in [4.69, 9.17) is 10.00 Å². The van der Waals surface area contributed by atoms with Gasteiger partial charge in [-0.3, -0.25) is 4.79 Å². The zero-order valence-electron chi connectivity index (χ0n) is 11.7. The minimum Gasteiger partial charge on any atom is -0.469 e. The average molecular weight is 269 g/mol. The van der Waals surface area contributed by atoms with E-state index in [0.29, 0.717) is 5.56 Å². The van der Waals surface area contributed by atoms with E-state index in [2.05, 4.69) is 11.2 Å². The van der Waals surface area contributed by atoms with Gasteiger partial charge >= 0.3 is 5.97 Å². The van der Waals surface area contributed by atoms with Gasteiger partial charge in [0, 0.05) is 11.3 Å². The lowest BCUT2D eigenvalue weighted by Crippen LogP contribution is -2.06. The molecule has 0 radical (unpaired) electrons. The topological polar surface area (TPSA) is 67.9 Å². The van der Waals surface area contributed by atoms with Crippen LogP contribution < -0.4 is 0 Å². The maximum absolute atomic E-state index is 11.4. The molecule has 0 N–H and O–H groups in total. The van der Waals surface area contributed by atoms with Crippen LogP contribution in [0.3, 0.4) is 0 Å². The number of rotatable bonds is 3. The van der Waals surface area contributed by atoms with E-state index in [9.17, 15) is 4.79 Å². The molecule has 1 aromatic heterocycles. The zero-order valence-corrected chi connectivity index (χ0v) is 11.7. The van der Waals surface area contributed by atoms with Gasteiger partial charge in [0.1, 0.15) is 0 Å². The number of nitriles is 1. The van der Waals surface area contributed by atoms with E-state index in [1.165, 1.54) is 7.11 Å². The normalized spacial score (nSPS) is 10.1. The Morgan fingerprint density at radius 1 is 1.35 bits per heavy atom. The Labute approximate surface area is 117 Å². The minimum atomic E-state index is -0.282. The van der Waals surface area contributed by atoms with Crippen LogP contribution in [0.1, 0.15) is 22.5 Å². The third kappa shape index (κ3) is 2.54. The number of benzene rings is 1. The van der Waals surface area contributed by atoms with Crippen LogP contribution in [-0.4, -0.2) is 22.9 Å². The first kappa shape index (κ1) is 13.8. The number of aryl methyl sites for hydroxylation is 1. The Bertz CT molecular complexity index is 678. The van der Waals surface area contributed by atoms with Crippen molar-refractivity contribution < 1.29 is 9.53 Å². The Morgan fingerprint density at radius 2 is 2.00 bits per heavy atom. The van der Waals surface area contributed by atoms with E-state index in [-0.39, 0.29) is 12.4 Å². The van der Waals surface area contributed by atoms with Crippen molar-refractivity contribution in [3.8, 4) is 11.8 Å². The van der Waals surface area contributed by atoms with Crippen molar-refractivity contribution in [2.24, 2.45) is 0 Å². The minimum absolute atomic E-state index is 0.213. The van der Waals surface area contributed by atoms with E-state index in [1.807, 2.05) is 26.0 Å². The number of methoxy groups -OCH3 is 1. The van der Waals surface area contributed by atoms with Crippen LogP contribution in [0.25, 0.3) is 5.69 Å². The van der Waals surface area contributed by atoms with Crippen LogP contribution in [-0.2, 0) is 16.0 Å². The highest BCUT2D eigenvalue weighted by Crippen LogP contribution is 2.19. The number of nitrogens with zero attached hydrogens (tertiary/aromatic N) is 3. The summed E-state index contributed by atoms with van der Waals surface area (Å²) in [6.45, 7) is 3.78. The van der Waals surface area contributed by atoms with Gasteiger partial charge in [-0.05, 0) is 38.1 Å². The summed E-state index contributed by atoms with van der Waals surface area (Å²) in [5.41, 5.74) is 4.04. The van der Waals surface area contributed by atoms with Crippen molar-refractivity contribution in [1.29, 1.82) is 5.26 Å². The summed E-state index contributed by atoms with van der Waals surface area (Å²) in [7, 11) is 1.37. The van der Waals surface area contributed by atoms with E-state index >= 15 is 0 Å². The van der Waals surface area contributed by atoms with Crippen LogP contribution in [0.2, 0.25) is 0 Å². The molecule has 0 aliphatic rings. The van der Waals surface area contributed by atoms with E-state index in [1.54, 1.807) is 16.8 Å². The molecule has 0 atom stereocenters. The first-order valence-corrected chi connectivity index (χ1v) is 6.19. The lowest BCUT2D eigenvalue weighted by Gasteiger charge is -2.05. The summed E-state index contributed by atoms with van der Waals surface area (Å²) in [5.74, 6) is -0.282. The first-order chi connectivity index (χ1) is 9.56. The highest BCUT2D eigenvalue weighted by molar-refractivity contribution is 5.73.